The van der Waals surface area contributed by atoms with Crippen LogP contribution in [0.15, 0.2) is 47.5 Å². The van der Waals surface area contributed by atoms with E-state index in [9.17, 15) is 4.79 Å². The largest absolute Gasteiger partial charge is 0.497 e. The molecule has 1 heterocycles. The molecular weight excluding hydrogens is 510 g/mol. The zero-order valence-corrected chi connectivity index (χ0v) is 25.4. The fraction of sp³-hybridized carbons (Fsp3) is 0.588. The number of benzene rings is 2. The minimum atomic E-state index is -0.0180. The average molecular weight is 558 g/mol. The maximum absolute atomic E-state index is 13.2. The van der Waals surface area contributed by atoms with Crippen molar-refractivity contribution in [2.75, 3.05) is 32.1 Å². The molecule has 7 rings (SSSR count). The summed E-state index contributed by atoms with van der Waals surface area (Å²) in [5, 5.41) is 10.5. The molecule has 2 aromatic carbocycles. The predicted molar refractivity (Wildman–Crippen MR) is 166 cm³/mol. The number of nitrogens with one attached hydrogen (secondary N) is 3. The van der Waals surface area contributed by atoms with Gasteiger partial charge in [-0.3, -0.25) is 4.79 Å². The first kappa shape index (κ1) is 28.1. The van der Waals surface area contributed by atoms with Crippen LogP contribution in [0, 0.1) is 23.2 Å². The Balaban J connectivity index is 1.13. The molecule has 220 valence electrons. The lowest BCUT2D eigenvalue weighted by atomic mass is 9.45. The molecule has 0 unspecified atom stereocenters. The van der Waals surface area contributed by atoms with Crippen molar-refractivity contribution in [3.8, 4) is 5.75 Å². The van der Waals surface area contributed by atoms with Crippen molar-refractivity contribution in [2.24, 2.45) is 28.2 Å². The standard InChI is InChI=1S/C34H47N5O2/c1-21-20-39(15-14-35-21)33(38-31-19-26-18-30(22(31)2)34(26,3)4)37-27-10-7-24(8-11-27)32(40)36-28-12-6-23-9-13-29(41-5)17-25(23)16-28/h7-11,13,17,21-22,26,28,30-31,35H,6,12,14-16,18-20H2,1-5H3,(H,36,40)(H,37,38)/t21-,22-,26+,28-,30-,31-/m0/s1. The summed E-state index contributed by atoms with van der Waals surface area (Å²) < 4.78 is 5.40. The zero-order valence-electron chi connectivity index (χ0n) is 25.4. The van der Waals surface area contributed by atoms with Crippen molar-refractivity contribution in [3.63, 3.8) is 0 Å². The van der Waals surface area contributed by atoms with E-state index in [2.05, 4.69) is 60.7 Å². The quantitative estimate of drug-likeness (QED) is 0.352. The third kappa shape index (κ3) is 5.70. The van der Waals surface area contributed by atoms with Gasteiger partial charge >= 0.3 is 0 Å². The number of anilines is 1. The third-order valence-corrected chi connectivity index (χ3v) is 10.7. The summed E-state index contributed by atoms with van der Waals surface area (Å²) in [6.07, 6.45) is 5.29. The molecule has 0 aromatic heterocycles. The number of nitrogens with zero attached hydrogens (tertiary/aromatic N) is 2. The highest BCUT2D eigenvalue weighted by molar-refractivity contribution is 5.97. The number of hydrogen-bond donors (Lipinski definition) is 3. The molecule has 7 nitrogen and oxygen atoms in total. The van der Waals surface area contributed by atoms with Crippen LogP contribution in [0.3, 0.4) is 0 Å². The van der Waals surface area contributed by atoms with Gasteiger partial charge in [-0.2, -0.15) is 0 Å². The molecule has 0 spiro atoms. The Hall–Kier alpha value is -3.06. The summed E-state index contributed by atoms with van der Waals surface area (Å²) in [6, 6.07) is 15.1. The molecule has 5 aliphatic rings. The third-order valence-electron chi connectivity index (χ3n) is 10.7. The molecular formula is C34H47N5O2. The van der Waals surface area contributed by atoms with Gasteiger partial charge in [0.2, 0.25) is 0 Å². The normalized spacial score (nSPS) is 30.6. The number of methoxy groups -OCH3 is 1. The number of rotatable bonds is 5. The lowest BCUT2D eigenvalue weighted by Gasteiger charge is -2.61. The van der Waals surface area contributed by atoms with E-state index < -0.39 is 0 Å². The maximum atomic E-state index is 13.2. The van der Waals surface area contributed by atoms with E-state index in [1.165, 1.54) is 24.0 Å². The average Bonchev–Trinajstić information content (AvgIpc) is 2.97. The predicted octanol–water partition coefficient (Wildman–Crippen LogP) is 5.11. The number of guanidine groups is 1. The molecule has 2 bridgehead atoms. The summed E-state index contributed by atoms with van der Waals surface area (Å²) in [7, 11) is 1.70. The second-order valence-corrected chi connectivity index (χ2v) is 13.5. The first-order valence-electron chi connectivity index (χ1n) is 15.6. The number of fused-ring (bicyclic) bond motifs is 3. The first-order valence-corrected chi connectivity index (χ1v) is 15.6. The highest BCUT2D eigenvalue weighted by Gasteiger charge is 2.56. The van der Waals surface area contributed by atoms with Gasteiger partial charge in [0.25, 0.3) is 5.91 Å². The molecule has 3 N–H and O–H groups in total. The number of aryl methyl sites for hydroxylation is 1. The number of amides is 1. The van der Waals surface area contributed by atoms with Crippen LogP contribution in [-0.2, 0) is 12.8 Å². The Labute approximate surface area is 245 Å². The summed E-state index contributed by atoms with van der Waals surface area (Å²) in [6.45, 7) is 12.4. The number of carbonyl (C=O) groups is 1. The Morgan fingerprint density at radius 2 is 1.90 bits per heavy atom. The van der Waals surface area contributed by atoms with Crippen molar-refractivity contribution in [1.29, 1.82) is 0 Å². The van der Waals surface area contributed by atoms with Crippen molar-refractivity contribution in [1.82, 2.24) is 15.5 Å². The van der Waals surface area contributed by atoms with Gasteiger partial charge in [-0.25, -0.2) is 4.99 Å². The molecule has 1 amide bonds. The van der Waals surface area contributed by atoms with Crippen molar-refractivity contribution >= 4 is 17.6 Å². The molecule has 1 aliphatic heterocycles. The highest BCUT2D eigenvalue weighted by atomic mass is 16.5. The first-order chi connectivity index (χ1) is 19.7. The number of ether oxygens (including phenoxy) is 1. The monoisotopic (exact) mass is 557 g/mol. The van der Waals surface area contributed by atoms with E-state index >= 15 is 0 Å². The van der Waals surface area contributed by atoms with Gasteiger partial charge in [-0.15, -0.1) is 0 Å². The van der Waals surface area contributed by atoms with Crippen LogP contribution in [0.4, 0.5) is 5.69 Å². The molecule has 3 saturated carbocycles. The SMILES string of the molecule is COc1ccc2c(c1)C[C@@H](NC(=O)c1ccc(NC(=N[C@H]3C[C@H]4C[C@@H]([C@@H]3C)C4(C)C)N3CCN[C@@H](C)C3)cc1)CC2. The van der Waals surface area contributed by atoms with E-state index in [1.54, 1.807) is 7.11 Å². The number of piperazine rings is 1. The van der Waals surface area contributed by atoms with Crippen molar-refractivity contribution < 1.29 is 9.53 Å². The van der Waals surface area contributed by atoms with Crippen LogP contribution >= 0.6 is 0 Å². The second-order valence-electron chi connectivity index (χ2n) is 13.5. The minimum absolute atomic E-state index is 0.0180. The van der Waals surface area contributed by atoms with Gasteiger partial charge in [-0.1, -0.05) is 26.8 Å². The maximum Gasteiger partial charge on any atom is 0.251 e. The molecule has 4 aliphatic carbocycles. The van der Waals surface area contributed by atoms with Crippen LogP contribution in [0.25, 0.3) is 0 Å². The summed E-state index contributed by atoms with van der Waals surface area (Å²) >= 11 is 0. The van der Waals surface area contributed by atoms with E-state index in [-0.39, 0.29) is 11.9 Å². The Morgan fingerprint density at radius 1 is 1.10 bits per heavy atom. The molecule has 41 heavy (non-hydrogen) atoms. The van der Waals surface area contributed by atoms with Gasteiger partial charge < -0.3 is 25.6 Å². The Bertz CT molecular complexity index is 1290. The van der Waals surface area contributed by atoms with Crippen LogP contribution in [-0.4, -0.2) is 61.6 Å². The molecule has 7 heteroatoms. The lowest BCUT2D eigenvalue weighted by Crippen LogP contribution is -2.57. The summed E-state index contributed by atoms with van der Waals surface area (Å²) in [5.74, 6) is 3.95. The highest BCUT2D eigenvalue weighted by Crippen LogP contribution is 2.61. The van der Waals surface area contributed by atoms with Gasteiger partial charge in [0, 0.05) is 43.0 Å². The van der Waals surface area contributed by atoms with Crippen LogP contribution in [0.5, 0.6) is 5.75 Å². The molecule has 6 atom stereocenters. The lowest BCUT2D eigenvalue weighted by molar-refractivity contribution is -0.108. The molecule has 0 radical (unpaired) electrons. The van der Waals surface area contributed by atoms with Crippen molar-refractivity contribution in [3.05, 3.63) is 59.2 Å². The summed E-state index contributed by atoms with van der Waals surface area (Å²) in [5.41, 5.74) is 4.73. The van der Waals surface area contributed by atoms with E-state index in [0.29, 0.717) is 29.0 Å². The van der Waals surface area contributed by atoms with Crippen LogP contribution < -0.4 is 20.7 Å². The van der Waals surface area contributed by atoms with Gasteiger partial charge in [0.05, 0.1) is 13.2 Å². The van der Waals surface area contributed by atoms with Gasteiger partial charge in [0.15, 0.2) is 5.96 Å². The smallest absolute Gasteiger partial charge is 0.251 e. The minimum Gasteiger partial charge on any atom is -0.497 e. The fourth-order valence-electron chi connectivity index (χ4n) is 7.85. The molecule has 2 aromatic rings. The zero-order chi connectivity index (χ0) is 28.7. The molecule has 1 saturated heterocycles. The number of hydrogen-bond acceptors (Lipinski definition) is 4. The molecule has 4 fully saturated rings. The second kappa shape index (κ2) is 11.3. The Kier molecular flexibility index (Phi) is 7.75. The van der Waals surface area contributed by atoms with Gasteiger partial charge in [0.1, 0.15) is 5.75 Å². The topological polar surface area (TPSA) is 78.0 Å². The van der Waals surface area contributed by atoms with Crippen LogP contribution in [0.1, 0.15) is 68.4 Å². The Morgan fingerprint density at radius 3 is 2.61 bits per heavy atom. The number of carbonyl (C=O) groups excluding carboxylic acids is 1. The fourth-order valence-corrected chi connectivity index (χ4v) is 7.85. The number of aliphatic imine (C=N–C) groups is 1. The van der Waals surface area contributed by atoms with E-state index in [0.717, 1.165) is 68.1 Å². The van der Waals surface area contributed by atoms with Crippen LogP contribution in [0.2, 0.25) is 0 Å². The van der Waals surface area contributed by atoms with E-state index in [1.807, 2.05) is 30.3 Å². The summed E-state index contributed by atoms with van der Waals surface area (Å²) in [4.78, 5) is 21.0. The van der Waals surface area contributed by atoms with Crippen molar-refractivity contribution in [2.45, 2.75) is 77.9 Å². The van der Waals surface area contributed by atoms with E-state index in [4.69, 9.17) is 9.73 Å². The van der Waals surface area contributed by atoms with Gasteiger partial charge in [-0.05, 0) is 110 Å².